The summed E-state index contributed by atoms with van der Waals surface area (Å²) in [5.74, 6) is 0.340. The number of fused-ring (bicyclic) bond motifs is 1. The SMILES string of the molecule is CC(C)Cn1nccc1CNC(=O)c1n[nH]c2c1C[C@H](C)O[C@@H]2C. The van der Waals surface area contributed by atoms with Gasteiger partial charge in [0.15, 0.2) is 5.69 Å². The van der Waals surface area contributed by atoms with E-state index in [0.29, 0.717) is 24.6 Å². The molecule has 7 heteroatoms. The molecule has 0 unspecified atom stereocenters. The number of amides is 1. The number of carbonyl (C=O) groups is 1. The fourth-order valence-electron chi connectivity index (χ4n) is 3.14. The van der Waals surface area contributed by atoms with Crippen molar-refractivity contribution in [2.45, 2.75) is 59.4 Å². The van der Waals surface area contributed by atoms with E-state index in [1.54, 1.807) is 6.20 Å². The number of aromatic amines is 1. The number of H-pyrrole nitrogens is 1. The minimum absolute atomic E-state index is 0.0646. The molecule has 0 aromatic carbocycles. The summed E-state index contributed by atoms with van der Waals surface area (Å²) >= 11 is 0. The Morgan fingerprint density at radius 3 is 3.04 bits per heavy atom. The molecule has 0 saturated heterocycles. The molecule has 0 fully saturated rings. The molecule has 0 saturated carbocycles. The summed E-state index contributed by atoms with van der Waals surface area (Å²) in [6.45, 7) is 9.55. The zero-order valence-electron chi connectivity index (χ0n) is 14.7. The number of nitrogens with zero attached hydrogens (tertiary/aromatic N) is 3. The number of ether oxygens (including phenoxy) is 1. The maximum Gasteiger partial charge on any atom is 0.272 e. The van der Waals surface area contributed by atoms with Crippen molar-refractivity contribution in [3.63, 3.8) is 0 Å². The summed E-state index contributed by atoms with van der Waals surface area (Å²) in [5.41, 5.74) is 3.34. The Kier molecular flexibility index (Phi) is 4.71. The minimum atomic E-state index is -0.161. The molecule has 2 N–H and O–H groups in total. The third-order valence-corrected chi connectivity index (χ3v) is 4.22. The number of hydrogen-bond donors (Lipinski definition) is 2. The predicted molar refractivity (Wildman–Crippen MR) is 89.5 cm³/mol. The topological polar surface area (TPSA) is 84.8 Å². The first-order chi connectivity index (χ1) is 11.5. The Bertz CT molecular complexity index is 718. The van der Waals surface area contributed by atoms with Gasteiger partial charge in [-0.25, -0.2) is 0 Å². The average molecular weight is 331 g/mol. The van der Waals surface area contributed by atoms with Crippen molar-refractivity contribution >= 4 is 5.91 Å². The standard InChI is InChI=1S/C17H25N5O2/c1-10(2)9-22-13(5-6-19-22)8-18-17(23)16-14-7-11(3)24-12(4)15(14)20-21-16/h5-6,10-12H,7-9H2,1-4H3,(H,18,23)(H,20,21)/t11-,12+/m0/s1. The smallest absolute Gasteiger partial charge is 0.272 e. The Morgan fingerprint density at radius 2 is 2.29 bits per heavy atom. The third-order valence-electron chi connectivity index (χ3n) is 4.22. The molecule has 24 heavy (non-hydrogen) atoms. The molecule has 2 atom stereocenters. The molecule has 7 nitrogen and oxygen atoms in total. The van der Waals surface area contributed by atoms with E-state index < -0.39 is 0 Å². The van der Waals surface area contributed by atoms with Crippen LogP contribution in [0.2, 0.25) is 0 Å². The third kappa shape index (κ3) is 3.36. The summed E-state index contributed by atoms with van der Waals surface area (Å²) in [5, 5.41) is 14.4. The van der Waals surface area contributed by atoms with Crippen LogP contribution in [0.3, 0.4) is 0 Å². The molecule has 2 aromatic heterocycles. The van der Waals surface area contributed by atoms with Crippen LogP contribution in [-0.2, 0) is 24.2 Å². The first-order valence-corrected chi connectivity index (χ1v) is 8.47. The van der Waals surface area contributed by atoms with Gasteiger partial charge in [-0.2, -0.15) is 10.2 Å². The lowest BCUT2D eigenvalue weighted by Gasteiger charge is -2.25. The normalized spacial score (nSPS) is 20.2. The predicted octanol–water partition coefficient (Wildman–Crippen LogP) is 2.21. The molecule has 1 aliphatic rings. The quantitative estimate of drug-likeness (QED) is 0.880. The number of carbonyl (C=O) groups excluding carboxylic acids is 1. The summed E-state index contributed by atoms with van der Waals surface area (Å²) < 4.78 is 7.70. The van der Waals surface area contributed by atoms with Crippen LogP contribution in [0.5, 0.6) is 0 Å². The Hall–Kier alpha value is -2.15. The lowest BCUT2D eigenvalue weighted by atomic mass is 9.99. The van der Waals surface area contributed by atoms with Gasteiger partial charge in [-0.3, -0.25) is 14.6 Å². The minimum Gasteiger partial charge on any atom is -0.369 e. The molecule has 1 aliphatic heterocycles. The second-order valence-electron chi connectivity index (χ2n) is 6.84. The Labute approximate surface area is 141 Å². The first kappa shape index (κ1) is 16.7. The van der Waals surface area contributed by atoms with Crippen LogP contribution in [0.1, 0.15) is 61.2 Å². The van der Waals surface area contributed by atoms with Gasteiger partial charge >= 0.3 is 0 Å². The molecule has 2 aromatic rings. The Morgan fingerprint density at radius 1 is 1.50 bits per heavy atom. The molecular weight excluding hydrogens is 306 g/mol. The Balaban J connectivity index is 1.70. The molecule has 0 radical (unpaired) electrons. The second-order valence-corrected chi connectivity index (χ2v) is 6.84. The van der Waals surface area contributed by atoms with E-state index in [-0.39, 0.29) is 18.1 Å². The maximum atomic E-state index is 12.6. The lowest BCUT2D eigenvalue weighted by Crippen LogP contribution is -2.28. The zero-order chi connectivity index (χ0) is 17.3. The number of nitrogens with one attached hydrogen (secondary N) is 2. The first-order valence-electron chi connectivity index (χ1n) is 8.47. The summed E-state index contributed by atoms with van der Waals surface area (Å²) in [7, 11) is 0. The van der Waals surface area contributed by atoms with Crippen molar-refractivity contribution in [1.82, 2.24) is 25.3 Å². The molecule has 1 amide bonds. The van der Waals surface area contributed by atoms with Gasteiger partial charge in [-0.15, -0.1) is 0 Å². The van der Waals surface area contributed by atoms with Crippen molar-refractivity contribution < 1.29 is 9.53 Å². The molecule has 3 rings (SSSR count). The highest BCUT2D eigenvalue weighted by atomic mass is 16.5. The van der Waals surface area contributed by atoms with Gasteiger partial charge in [-0.1, -0.05) is 13.8 Å². The van der Waals surface area contributed by atoms with Crippen LogP contribution in [-0.4, -0.2) is 32.0 Å². The van der Waals surface area contributed by atoms with Crippen molar-refractivity contribution in [3.8, 4) is 0 Å². The van der Waals surface area contributed by atoms with Crippen molar-refractivity contribution in [3.05, 3.63) is 34.9 Å². The van der Waals surface area contributed by atoms with Crippen LogP contribution in [0.4, 0.5) is 0 Å². The molecule has 0 bridgehead atoms. The van der Waals surface area contributed by atoms with E-state index in [9.17, 15) is 4.79 Å². The van der Waals surface area contributed by atoms with Gasteiger partial charge in [0.25, 0.3) is 5.91 Å². The van der Waals surface area contributed by atoms with Crippen molar-refractivity contribution in [2.24, 2.45) is 5.92 Å². The second kappa shape index (κ2) is 6.76. The highest BCUT2D eigenvalue weighted by Crippen LogP contribution is 2.30. The van der Waals surface area contributed by atoms with Crippen molar-refractivity contribution in [1.29, 1.82) is 0 Å². The van der Waals surface area contributed by atoms with E-state index in [4.69, 9.17) is 4.74 Å². The molecule has 0 spiro atoms. The van der Waals surface area contributed by atoms with E-state index in [1.807, 2.05) is 24.6 Å². The summed E-state index contributed by atoms with van der Waals surface area (Å²) in [6.07, 6.45) is 2.49. The summed E-state index contributed by atoms with van der Waals surface area (Å²) in [4.78, 5) is 12.6. The number of aromatic nitrogens is 4. The van der Waals surface area contributed by atoms with E-state index in [0.717, 1.165) is 23.5 Å². The van der Waals surface area contributed by atoms with Crippen LogP contribution in [0, 0.1) is 5.92 Å². The van der Waals surface area contributed by atoms with Gasteiger partial charge < -0.3 is 10.1 Å². The highest BCUT2D eigenvalue weighted by Gasteiger charge is 2.29. The van der Waals surface area contributed by atoms with Crippen LogP contribution < -0.4 is 5.32 Å². The highest BCUT2D eigenvalue weighted by molar-refractivity contribution is 5.94. The van der Waals surface area contributed by atoms with Crippen LogP contribution in [0.15, 0.2) is 12.3 Å². The van der Waals surface area contributed by atoms with Crippen LogP contribution in [0.25, 0.3) is 0 Å². The molecule has 0 aliphatic carbocycles. The largest absolute Gasteiger partial charge is 0.369 e. The fourth-order valence-corrected chi connectivity index (χ4v) is 3.14. The number of hydrogen-bond acceptors (Lipinski definition) is 4. The van der Waals surface area contributed by atoms with Gasteiger partial charge in [0.2, 0.25) is 0 Å². The molecular formula is C17H25N5O2. The van der Waals surface area contributed by atoms with Gasteiger partial charge in [0.05, 0.1) is 30.1 Å². The van der Waals surface area contributed by atoms with Gasteiger partial charge in [0, 0.05) is 24.7 Å². The lowest BCUT2D eigenvalue weighted by molar-refractivity contribution is -0.00697. The molecule has 3 heterocycles. The van der Waals surface area contributed by atoms with Gasteiger partial charge in [-0.05, 0) is 25.8 Å². The van der Waals surface area contributed by atoms with Crippen LogP contribution >= 0.6 is 0 Å². The van der Waals surface area contributed by atoms with E-state index in [1.165, 1.54) is 0 Å². The van der Waals surface area contributed by atoms with E-state index in [2.05, 4.69) is 34.5 Å². The number of rotatable bonds is 5. The zero-order valence-corrected chi connectivity index (χ0v) is 14.7. The monoisotopic (exact) mass is 331 g/mol. The summed E-state index contributed by atoms with van der Waals surface area (Å²) in [6, 6.07) is 1.93. The maximum absolute atomic E-state index is 12.6. The van der Waals surface area contributed by atoms with E-state index >= 15 is 0 Å². The molecule has 130 valence electrons. The van der Waals surface area contributed by atoms with Gasteiger partial charge in [0.1, 0.15) is 0 Å². The fraction of sp³-hybridized carbons (Fsp3) is 0.588. The van der Waals surface area contributed by atoms with Crippen molar-refractivity contribution in [2.75, 3.05) is 0 Å². The average Bonchev–Trinajstić information content (AvgIpc) is 3.11.